The van der Waals surface area contributed by atoms with Gasteiger partial charge < -0.3 is 5.32 Å². The Morgan fingerprint density at radius 1 is 1.17 bits per heavy atom. The second-order valence-electron chi connectivity index (χ2n) is 5.80. The molecule has 6 heteroatoms. The summed E-state index contributed by atoms with van der Waals surface area (Å²) in [4.78, 5) is 11.1. The Bertz CT molecular complexity index is 891. The van der Waals surface area contributed by atoms with E-state index < -0.39 is 11.6 Å². The van der Waals surface area contributed by atoms with Crippen molar-refractivity contribution in [3.8, 4) is 0 Å². The van der Waals surface area contributed by atoms with Gasteiger partial charge in [0, 0.05) is 4.88 Å². The van der Waals surface area contributed by atoms with Gasteiger partial charge in [0.25, 0.3) is 0 Å². The maximum absolute atomic E-state index is 13.4. The van der Waals surface area contributed by atoms with E-state index in [1.54, 1.807) is 23.7 Å². The molecule has 0 bridgehead atoms. The fourth-order valence-corrected chi connectivity index (χ4v) is 4.34. The third-order valence-corrected chi connectivity index (χ3v) is 5.50. The number of nitrogens with zero attached hydrogens (tertiary/aromatic N) is 2. The molecule has 2 aromatic heterocycles. The summed E-state index contributed by atoms with van der Waals surface area (Å²) in [7, 11) is 0. The van der Waals surface area contributed by atoms with Crippen LogP contribution in [0.2, 0.25) is 0 Å². The Morgan fingerprint density at radius 3 is 2.87 bits per heavy atom. The molecule has 118 valence electrons. The lowest BCUT2D eigenvalue weighted by Crippen LogP contribution is -2.09. The molecular formula is C17H15F2N3S. The lowest BCUT2D eigenvalue weighted by Gasteiger charge is -2.16. The highest BCUT2D eigenvalue weighted by molar-refractivity contribution is 7.19. The molecule has 0 saturated heterocycles. The minimum atomic E-state index is -0.833. The minimum Gasteiger partial charge on any atom is -0.363 e. The van der Waals surface area contributed by atoms with Gasteiger partial charge in [-0.1, -0.05) is 6.07 Å². The summed E-state index contributed by atoms with van der Waals surface area (Å²) in [5.74, 6) is -0.895. The molecule has 0 spiro atoms. The van der Waals surface area contributed by atoms with Gasteiger partial charge in [-0.05, 0) is 49.4 Å². The van der Waals surface area contributed by atoms with Crippen LogP contribution in [0.1, 0.15) is 35.4 Å². The first-order chi connectivity index (χ1) is 11.1. The Hall–Kier alpha value is -2.08. The average Bonchev–Trinajstić information content (AvgIpc) is 3.10. The number of halogens is 2. The highest BCUT2D eigenvalue weighted by Gasteiger charge is 2.22. The van der Waals surface area contributed by atoms with Crippen LogP contribution >= 0.6 is 11.3 Å². The molecule has 1 aliphatic rings. The van der Waals surface area contributed by atoms with Crippen LogP contribution in [0, 0.1) is 11.6 Å². The molecule has 1 aromatic carbocycles. The van der Waals surface area contributed by atoms with Gasteiger partial charge in [0.1, 0.15) is 17.0 Å². The fourth-order valence-electron chi connectivity index (χ4n) is 3.11. The largest absolute Gasteiger partial charge is 0.363 e. The van der Waals surface area contributed by atoms with E-state index in [0.717, 1.165) is 34.9 Å². The van der Waals surface area contributed by atoms with Gasteiger partial charge >= 0.3 is 0 Å². The number of hydrogen-bond donors (Lipinski definition) is 1. The van der Waals surface area contributed by atoms with Crippen molar-refractivity contribution in [3.05, 3.63) is 52.2 Å². The van der Waals surface area contributed by atoms with Crippen LogP contribution in [0.3, 0.4) is 0 Å². The van der Waals surface area contributed by atoms with E-state index >= 15 is 0 Å². The first-order valence-corrected chi connectivity index (χ1v) is 8.42. The smallest absolute Gasteiger partial charge is 0.159 e. The molecular weight excluding hydrogens is 316 g/mol. The summed E-state index contributed by atoms with van der Waals surface area (Å²) < 4.78 is 26.5. The number of aromatic nitrogens is 2. The monoisotopic (exact) mass is 331 g/mol. The normalized spacial score (nSPS) is 14.9. The first-order valence-electron chi connectivity index (χ1n) is 7.60. The zero-order valence-corrected chi connectivity index (χ0v) is 13.4. The predicted molar refractivity (Wildman–Crippen MR) is 87.8 cm³/mol. The van der Waals surface area contributed by atoms with E-state index in [9.17, 15) is 8.78 Å². The molecule has 23 heavy (non-hydrogen) atoms. The van der Waals surface area contributed by atoms with Crippen molar-refractivity contribution >= 4 is 27.4 Å². The third kappa shape index (κ3) is 2.47. The van der Waals surface area contributed by atoms with Crippen LogP contribution in [0.4, 0.5) is 14.6 Å². The maximum atomic E-state index is 13.4. The lowest BCUT2D eigenvalue weighted by molar-refractivity contribution is 0.506. The highest BCUT2D eigenvalue weighted by atomic mass is 32.1. The van der Waals surface area contributed by atoms with Crippen molar-refractivity contribution in [3.63, 3.8) is 0 Å². The van der Waals surface area contributed by atoms with E-state index in [2.05, 4.69) is 15.3 Å². The Kier molecular flexibility index (Phi) is 3.49. The number of hydrogen-bond acceptors (Lipinski definition) is 4. The lowest BCUT2D eigenvalue weighted by atomic mass is 10.1. The fraction of sp³-hybridized carbons (Fsp3) is 0.294. The SMILES string of the molecule is C[C@H](Nc1ncnc2sc3c(c12)CCC3)c1ccc(F)c(F)c1. The molecule has 0 aliphatic heterocycles. The van der Waals surface area contributed by atoms with E-state index in [1.807, 2.05) is 6.92 Å². The molecule has 0 saturated carbocycles. The predicted octanol–water partition coefficient (Wildman–Crippen LogP) is 4.63. The molecule has 3 aromatic rings. The molecule has 0 unspecified atom stereocenters. The summed E-state index contributed by atoms with van der Waals surface area (Å²) in [6.07, 6.45) is 4.88. The van der Waals surface area contributed by atoms with Crippen LogP contribution in [0.5, 0.6) is 0 Å². The van der Waals surface area contributed by atoms with Crippen LogP contribution in [-0.2, 0) is 12.8 Å². The summed E-state index contributed by atoms with van der Waals surface area (Å²) in [5.41, 5.74) is 2.02. The Labute approximate surface area is 136 Å². The third-order valence-electron chi connectivity index (χ3n) is 4.30. The minimum absolute atomic E-state index is 0.180. The quantitative estimate of drug-likeness (QED) is 0.760. The van der Waals surface area contributed by atoms with Crippen molar-refractivity contribution in [2.45, 2.75) is 32.2 Å². The van der Waals surface area contributed by atoms with Gasteiger partial charge in [-0.3, -0.25) is 0 Å². The van der Waals surface area contributed by atoms with Crippen molar-refractivity contribution in [1.82, 2.24) is 9.97 Å². The second kappa shape index (κ2) is 5.53. The van der Waals surface area contributed by atoms with Crippen LogP contribution in [0.15, 0.2) is 24.5 Å². The van der Waals surface area contributed by atoms with Gasteiger partial charge in [-0.25, -0.2) is 18.7 Å². The number of anilines is 1. The molecule has 4 rings (SSSR count). The number of benzene rings is 1. The van der Waals surface area contributed by atoms with Gasteiger partial charge in [0.15, 0.2) is 11.6 Å². The maximum Gasteiger partial charge on any atom is 0.159 e. The summed E-state index contributed by atoms with van der Waals surface area (Å²) in [6, 6.07) is 3.79. The molecule has 1 N–H and O–H groups in total. The molecule has 2 heterocycles. The van der Waals surface area contributed by atoms with E-state index in [1.165, 1.54) is 22.9 Å². The molecule has 1 aliphatic carbocycles. The van der Waals surface area contributed by atoms with Gasteiger partial charge in [-0.2, -0.15) is 0 Å². The van der Waals surface area contributed by atoms with Crippen molar-refractivity contribution in [2.24, 2.45) is 0 Å². The first kappa shape index (κ1) is 14.5. The summed E-state index contributed by atoms with van der Waals surface area (Å²) >= 11 is 1.73. The topological polar surface area (TPSA) is 37.8 Å². The Morgan fingerprint density at radius 2 is 2.04 bits per heavy atom. The average molecular weight is 331 g/mol. The van der Waals surface area contributed by atoms with Crippen molar-refractivity contribution < 1.29 is 8.78 Å². The Balaban J connectivity index is 1.71. The van der Waals surface area contributed by atoms with Crippen molar-refractivity contribution in [1.29, 1.82) is 0 Å². The van der Waals surface area contributed by atoms with Crippen molar-refractivity contribution in [2.75, 3.05) is 5.32 Å². The number of aryl methyl sites for hydroxylation is 2. The van der Waals surface area contributed by atoms with Crippen LogP contribution in [0.25, 0.3) is 10.2 Å². The zero-order valence-electron chi connectivity index (χ0n) is 12.6. The number of thiophene rings is 1. The second-order valence-corrected chi connectivity index (χ2v) is 6.88. The van der Waals surface area contributed by atoms with Crippen LogP contribution < -0.4 is 5.32 Å². The number of rotatable bonds is 3. The molecule has 0 amide bonds. The summed E-state index contributed by atoms with van der Waals surface area (Å²) in [5, 5.41) is 4.41. The summed E-state index contributed by atoms with van der Waals surface area (Å²) in [6.45, 7) is 1.91. The molecule has 0 fully saturated rings. The van der Waals surface area contributed by atoms with Gasteiger partial charge in [0.05, 0.1) is 11.4 Å². The van der Waals surface area contributed by atoms with E-state index in [-0.39, 0.29) is 6.04 Å². The molecule has 3 nitrogen and oxygen atoms in total. The standard InChI is InChI=1S/C17H15F2N3S/c1-9(10-5-6-12(18)13(19)7-10)22-16-15-11-3-2-4-14(11)23-17(15)21-8-20-16/h5-9H,2-4H2,1H3,(H,20,21,22)/t9-/m0/s1. The highest BCUT2D eigenvalue weighted by Crippen LogP contribution is 2.39. The van der Waals surface area contributed by atoms with Gasteiger partial charge in [0.2, 0.25) is 0 Å². The number of nitrogens with one attached hydrogen (secondary N) is 1. The molecule has 1 atom stereocenters. The molecule has 0 radical (unpaired) electrons. The van der Waals surface area contributed by atoms with E-state index in [0.29, 0.717) is 5.56 Å². The number of fused-ring (bicyclic) bond motifs is 3. The zero-order chi connectivity index (χ0) is 16.0. The van der Waals surface area contributed by atoms with E-state index in [4.69, 9.17) is 0 Å². The van der Waals surface area contributed by atoms with Crippen LogP contribution in [-0.4, -0.2) is 9.97 Å². The van der Waals surface area contributed by atoms with Gasteiger partial charge in [-0.15, -0.1) is 11.3 Å².